The first-order chi connectivity index (χ1) is 7.16. The minimum absolute atomic E-state index is 0.112. The summed E-state index contributed by atoms with van der Waals surface area (Å²) in [6.07, 6.45) is 0. The highest BCUT2D eigenvalue weighted by Crippen LogP contribution is 2.19. The SMILES string of the molecule is [B]c1ccc(-c2ccc(F)cc2)cc1F. The van der Waals surface area contributed by atoms with E-state index in [1.807, 2.05) is 0 Å². The molecule has 0 amide bonds. The van der Waals surface area contributed by atoms with E-state index in [0.29, 0.717) is 5.56 Å². The molecule has 0 saturated heterocycles. The highest BCUT2D eigenvalue weighted by molar-refractivity contribution is 6.32. The van der Waals surface area contributed by atoms with Gasteiger partial charge in [-0.15, -0.1) is 0 Å². The maximum Gasteiger partial charge on any atom is 0.123 e. The highest BCUT2D eigenvalue weighted by Gasteiger charge is 2.01. The van der Waals surface area contributed by atoms with Crippen molar-refractivity contribution in [3.8, 4) is 11.1 Å². The summed E-state index contributed by atoms with van der Waals surface area (Å²) in [5, 5.41) is 0. The Morgan fingerprint density at radius 2 is 1.40 bits per heavy atom. The zero-order valence-corrected chi connectivity index (χ0v) is 7.87. The van der Waals surface area contributed by atoms with Crippen LogP contribution in [0.2, 0.25) is 0 Å². The van der Waals surface area contributed by atoms with Crippen LogP contribution < -0.4 is 5.46 Å². The molecule has 15 heavy (non-hydrogen) atoms. The van der Waals surface area contributed by atoms with Crippen LogP contribution in [-0.4, -0.2) is 7.85 Å². The fourth-order valence-corrected chi connectivity index (χ4v) is 1.35. The molecule has 2 rings (SSSR count). The second kappa shape index (κ2) is 3.85. The van der Waals surface area contributed by atoms with Crippen molar-refractivity contribution in [2.45, 2.75) is 0 Å². The van der Waals surface area contributed by atoms with Crippen LogP contribution in [0.4, 0.5) is 8.78 Å². The Morgan fingerprint density at radius 1 is 0.800 bits per heavy atom. The summed E-state index contributed by atoms with van der Waals surface area (Å²) in [7, 11) is 5.36. The quantitative estimate of drug-likeness (QED) is 0.620. The summed E-state index contributed by atoms with van der Waals surface area (Å²) in [4.78, 5) is 0. The van der Waals surface area contributed by atoms with Crippen molar-refractivity contribution in [3.63, 3.8) is 0 Å². The number of benzene rings is 2. The van der Waals surface area contributed by atoms with Crippen molar-refractivity contribution in [2.75, 3.05) is 0 Å². The summed E-state index contributed by atoms with van der Waals surface area (Å²) in [5.41, 5.74) is 1.55. The number of hydrogen-bond donors (Lipinski definition) is 0. The molecule has 0 fully saturated rings. The summed E-state index contributed by atoms with van der Waals surface area (Å²) in [6, 6.07) is 10.4. The van der Waals surface area contributed by atoms with Gasteiger partial charge in [0.25, 0.3) is 0 Å². The van der Waals surface area contributed by atoms with Crippen LogP contribution in [0.3, 0.4) is 0 Å². The molecule has 0 atom stereocenters. The van der Waals surface area contributed by atoms with Gasteiger partial charge < -0.3 is 0 Å². The average molecular weight is 200 g/mol. The van der Waals surface area contributed by atoms with Gasteiger partial charge in [0.2, 0.25) is 0 Å². The molecule has 0 aliphatic carbocycles. The molecule has 0 bridgehead atoms. The van der Waals surface area contributed by atoms with Crippen LogP contribution in [0.1, 0.15) is 0 Å². The normalized spacial score (nSPS) is 10.3. The summed E-state index contributed by atoms with van der Waals surface area (Å²) >= 11 is 0. The Labute approximate surface area is 88.0 Å². The smallest absolute Gasteiger partial charge is 0.123 e. The molecular formula is C12H7BF2. The minimum atomic E-state index is -0.461. The van der Waals surface area contributed by atoms with E-state index in [9.17, 15) is 8.78 Å². The van der Waals surface area contributed by atoms with Gasteiger partial charge in [0, 0.05) is 0 Å². The van der Waals surface area contributed by atoms with Gasteiger partial charge in [0.15, 0.2) is 0 Å². The van der Waals surface area contributed by atoms with Crippen molar-refractivity contribution in [2.24, 2.45) is 0 Å². The van der Waals surface area contributed by atoms with Crippen LogP contribution in [0, 0.1) is 11.6 Å². The molecule has 0 aliphatic heterocycles. The van der Waals surface area contributed by atoms with E-state index in [4.69, 9.17) is 7.85 Å². The first-order valence-electron chi connectivity index (χ1n) is 4.48. The predicted molar refractivity (Wildman–Crippen MR) is 57.2 cm³/mol. The third-order valence-electron chi connectivity index (χ3n) is 2.18. The summed E-state index contributed by atoms with van der Waals surface area (Å²) < 4.78 is 25.8. The number of hydrogen-bond acceptors (Lipinski definition) is 0. The molecule has 0 N–H and O–H groups in total. The zero-order valence-electron chi connectivity index (χ0n) is 7.87. The molecular weight excluding hydrogens is 193 g/mol. The lowest BCUT2D eigenvalue weighted by Gasteiger charge is -2.03. The molecule has 0 saturated carbocycles. The lowest BCUT2D eigenvalue weighted by Crippen LogP contribution is -2.07. The third-order valence-corrected chi connectivity index (χ3v) is 2.18. The van der Waals surface area contributed by atoms with Gasteiger partial charge in [-0.25, -0.2) is 8.78 Å². The van der Waals surface area contributed by atoms with E-state index >= 15 is 0 Å². The molecule has 0 aliphatic rings. The summed E-state index contributed by atoms with van der Waals surface area (Å²) in [5.74, 6) is -0.772. The molecule has 0 nitrogen and oxygen atoms in total. The van der Waals surface area contributed by atoms with Crippen LogP contribution in [-0.2, 0) is 0 Å². The van der Waals surface area contributed by atoms with E-state index in [-0.39, 0.29) is 11.3 Å². The second-order valence-corrected chi connectivity index (χ2v) is 3.24. The van der Waals surface area contributed by atoms with Gasteiger partial charge in [-0.1, -0.05) is 29.7 Å². The molecule has 0 unspecified atom stereocenters. The van der Waals surface area contributed by atoms with Crippen molar-refractivity contribution < 1.29 is 8.78 Å². The van der Waals surface area contributed by atoms with Gasteiger partial charge in [0.05, 0.1) is 0 Å². The van der Waals surface area contributed by atoms with Gasteiger partial charge >= 0.3 is 0 Å². The van der Waals surface area contributed by atoms with Crippen molar-refractivity contribution in [1.29, 1.82) is 0 Å². The Bertz CT molecular complexity index is 477. The molecule has 3 heteroatoms. The van der Waals surface area contributed by atoms with E-state index in [1.54, 1.807) is 18.2 Å². The Morgan fingerprint density at radius 3 is 2.00 bits per heavy atom. The number of halogens is 2. The minimum Gasteiger partial charge on any atom is -0.208 e. The lowest BCUT2D eigenvalue weighted by molar-refractivity contribution is 0.628. The van der Waals surface area contributed by atoms with Gasteiger partial charge in [-0.2, -0.15) is 0 Å². The van der Waals surface area contributed by atoms with Crippen LogP contribution in [0.15, 0.2) is 42.5 Å². The van der Waals surface area contributed by atoms with Gasteiger partial charge in [-0.05, 0) is 29.3 Å². The first kappa shape index (κ1) is 9.90. The number of rotatable bonds is 1. The van der Waals surface area contributed by atoms with Gasteiger partial charge in [0.1, 0.15) is 19.5 Å². The topological polar surface area (TPSA) is 0 Å². The third kappa shape index (κ3) is 2.06. The largest absolute Gasteiger partial charge is 0.208 e. The first-order valence-corrected chi connectivity index (χ1v) is 4.48. The Balaban J connectivity index is 2.45. The summed E-state index contributed by atoms with van der Waals surface area (Å²) in [6.45, 7) is 0. The predicted octanol–water partition coefficient (Wildman–Crippen LogP) is 2.43. The molecule has 2 aromatic rings. The highest BCUT2D eigenvalue weighted by atomic mass is 19.1. The molecule has 0 spiro atoms. The molecule has 2 radical (unpaired) electrons. The average Bonchev–Trinajstić information content (AvgIpc) is 2.23. The second-order valence-electron chi connectivity index (χ2n) is 3.24. The van der Waals surface area contributed by atoms with E-state index in [2.05, 4.69) is 0 Å². The van der Waals surface area contributed by atoms with Crippen LogP contribution >= 0.6 is 0 Å². The van der Waals surface area contributed by atoms with Crippen LogP contribution in [0.25, 0.3) is 11.1 Å². The van der Waals surface area contributed by atoms with E-state index in [0.717, 1.165) is 5.56 Å². The lowest BCUT2D eigenvalue weighted by atomic mass is 9.93. The van der Waals surface area contributed by atoms with Crippen molar-refractivity contribution in [1.82, 2.24) is 0 Å². The van der Waals surface area contributed by atoms with Crippen molar-refractivity contribution in [3.05, 3.63) is 54.1 Å². The van der Waals surface area contributed by atoms with E-state index in [1.165, 1.54) is 24.3 Å². The Kier molecular flexibility index (Phi) is 2.54. The van der Waals surface area contributed by atoms with Gasteiger partial charge in [-0.3, -0.25) is 0 Å². The van der Waals surface area contributed by atoms with Crippen LogP contribution in [0.5, 0.6) is 0 Å². The maximum atomic E-state index is 13.1. The Hall–Kier alpha value is -1.64. The molecule has 72 valence electrons. The molecule has 0 aromatic heterocycles. The molecule has 0 heterocycles. The fraction of sp³-hybridized carbons (Fsp3) is 0. The maximum absolute atomic E-state index is 13.1. The molecule has 2 aromatic carbocycles. The standard InChI is InChI=1S/C12H7BF2/c13-11-6-3-9(7-12(11)15)8-1-4-10(14)5-2-8/h1-7H. The fourth-order valence-electron chi connectivity index (χ4n) is 1.35. The van der Waals surface area contributed by atoms with Crippen molar-refractivity contribution >= 4 is 13.3 Å². The van der Waals surface area contributed by atoms with E-state index < -0.39 is 5.82 Å². The zero-order chi connectivity index (χ0) is 10.8. The monoisotopic (exact) mass is 200 g/mol.